The zero-order chi connectivity index (χ0) is 18.5. The minimum Gasteiger partial charge on any atom is -0.468 e. The first-order valence-corrected chi connectivity index (χ1v) is 8.31. The largest absolute Gasteiger partial charge is 0.468 e. The zero-order valence-corrected chi connectivity index (χ0v) is 14.3. The smallest absolute Gasteiger partial charge is 0.326 e. The third-order valence-corrected chi connectivity index (χ3v) is 5.26. The Kier molecular flexibility index (Phi) is 3.69. The Labute approximate surface area is 149 Å². The minimum atomic E-state index is -1.33. The average molecular weight is 354 g/mol. The van der Waals surface area contributed by atoms with Gasteiger partial charge in [0.15, 0.2) is 0 Å². The molecule has 2 saturated heterocycles. The van der Waals surface area contributed by atoms with E-state index in [1.54, 1.807) is 49.4 Å². The number of anilines is 1. The molecule has 2 aliphatic heterocycles. The quantitative estimate of drug-likeness (QED) is 0.666. The Bertz CT molecular complexity index is 863. The molecule has 0 radical (unpaired) electrons. The molecule has 1 aromatic heterocycles. The van der Waals surface area contributed by atoms with Gasteiger partial charge in [-0.3, -0.25) is 19.7 Å². The highest BCUT2D eigenvalue weighted by atomic mass is 16.5. The second kappa shape index (κ2) is 5.81. The van der Waals surface area contributed by atoms with Gasteiger partial charge in [-0.25, -0.2) is 4.90 Å². The molecule has 26 heavy (non-hydrogen) atoms. The molecule has 0 bridgehead atoms. The summed E-state index contributed by atoms with van der Waals surface area (Å²) in [7, 11) is 1.26. The van der Waals surface area contributed by atoms with Crippen LogP contribution < -0.4 is 10.2 Å². The summed E-state index contributed by atoms with van der Waals surface area (Å²) in [5, 5.41) is 3.12. The maximum Gasteiger partial charge on any atom is 0.326 e. The summed E-state index contributed by atoms with van der Waals surface area (Å²) in [4.78, 5) is 40.0. The number of esters is 1. The van der Waals surface area contributed by atoms with Crippen LogP contribution in [0.3, 0.4) is 0 Å². The molecule has 134 valence electrons. The van der Waals surface area contributed by atoms with Gasteiger partial charge in [0, 0.05) is 0 Å². The van der Waals surface area contributed by atoms with Gasteiger partial charge in [0.05, 0.1) is 36.9 Å². The van der Waals surface area contributed by atoms with Crippen molar-refractivity contribution in [3.05, 3.63) is 54.5 Å². The van der Waals surface area contributed by atoms with E-state index in [2.05, 4.69) is 5.32 Å². The molecule has 1 aromatic carbocycles. The molecule has 3 heterocycles. The summed E-state index contributed by atoms with van der Waals surface area (Å²) in [6, 6.07) is 11.5. The van der Waals surface area contributed by atoms with Gasteiger partial charge < -0.3 is 9.15 Å². The SMILES string of the molecule is COC(=O)[C@]1(C)N[C@@H](c2ccco2)[C@H]2C(=O)N(c3ccccc3)C(=O)[C@@H]21. The Morgan fingerprint density at radius 2 is 1.88 bits per heavy atom. The van der Waals surface area contributed by atoms with Gasteiger partial charge in [-0.15, -0.1) is 0 Å². The number of hydrogen-bond donors (Lipinski definition) is 1. The van der Waals surface area contributed by atoms with E-state index in [9.17, 15) is 14.4 Å². The van der Waals surface area contributed by atoms with E-state index < -0.39 is 35.3 Å². The van der Waals surface area contributed by atoms with Crippen molar-refractivity contribution in [2.75, 3.05) is 12.0 Å². The molecule has 7 nitrogen and oxygen atoms in total. The van der Waals surface area contributed by atoms with Gasteiger partial charge in [-0.2, -0.15) is 0 Å². The minimum absolute atomic E-state index is 0.354. The fourth-order valence-electron chi connectivity index (χ4n) is 4.08. The molecule has 0 unspecified atom stereocenters. The van der Waals surface area contributed by atoms with E-state index in [1.807, 2.05) is 0 Å². The number of furan rings is 1. The molecule has 0 saturated carbocycles. The lowest BCUT2D eigenvalue weighted by Crippen LogP contribution is -2.54. The number of amides is 2. The van der Waals surface area contributed by atoms with E-state index in [-0.39, 0.29) is 5.91 Å². The normalized spacial score (nSPS) is 30.5. The van der Waals surface area contributed by atoms with E-state index in [0.29, 0.717) is 11.4 Å². The lowest BCUT2D eigenvalue weighted by Gasteiger charge is -2.28. The lowest BCUT2D eigenvalue weighted by molar-refractivity contribution is -0.151. The standard InChI is InChI=1S/C19H18N2O5/c1-19(18(24)25-2)14-13(15(20-19)12-9-6-10-26-12)16(22)21(17(14)23)11-7-4-3-5-8-11/h3-10,13-15,20H,1-2H3/t13-,14+,15-,19+/m0/s1. The van der Waals surface area contributed by atoms with Crippen molar-refractivity contribution < 1.29 is 23.5 Å². The molecule has 2 aromatic rings. The molecule has 0 aliphatic carbocycles. The van der Waals surface area contributed by atoms with E-state index in [1.165, 1.54) is 13.4 Å². The van der Waals surface area contributed by atoms with Gasteiger partial charge in [0.2, 0.25) is 11.8 Å². The van der Waals surface area contributed by atoms with Crippen LogP contribution in [0.25, 0.3) is 0 Å². The fraction of sp³-hybridized carbons (Fsp3) is 0.316. The molecule has 7 heteroatoms. The van der Waals surface area contributed by atoms with Gasteiger partial charge in [0.25, 0.3) is 0 Å². The maximum atomic E-state index is 13.2. The van der Waals surface area contributed by atoms with Gasteiger partial charge in [0.1, 0.15) is 11.3 Å². The third-order valence-electron chi connectivity index (χ3n) is 5.26. The molecular weight excluding hydrogens is 336 g/mol. The lowest BCUT2D eigenvalue weighted by atomic mass is 9.81. The summed E-state index contributed by atoms with van der Waals surface area (Å²) >= 11 is 0. The maximum absolute atomic E-state index is 13.2. The number of fused-ring (bicyclic) bond motifs is 1. The van der Waals surface area contributed by atoms with Crippen molar-refractivity contribution in [1.82, 2.24) is 5.32 Å². The molecule has 4 atom stereocenters. The first-order chi connectivity index (χ1) is 12.5. The number of nitrogens with one attached hydrogen (secondary N) is 1. The number of hydrogen-bond acceptors (Lipinski definition) is 6. The van der Waals surface area contributed by atoms with Crippen LogP contribution in [0.1, 0.15) is 18.7 Å². The average Bonchev–Trinajstić information content (AvgIpc) is 3.33. The van der Waals surface area contributed by atoms with Crippen LogP contribution >= 0.6 is 0 Å². The van der Waals surface area contributed by atoms with E-state index in [4.69, 9.17) is 9.15 Å². The van der Waals surface area contributed by atoms with E-state index >= 15 is 0 Å². The van der Waals surface area contributed by atoms with Crippen molar-refractivity contribution in [1.29, 1.82) is 0 Å². The van der Waals surface area contributed by atoms with Gasteiger partial charge >= 0.3 is 5.97 Å². The number of ether oxygens (including phenoxy) is 1. The molecule has 2 fully saturated rings. The number of carbonyl (C=O) groups is 3. The summed E-state index contributed by atoms with van der Waals surface area (Å²) in [5.74, 6) is -2.48. The predicted octanol–water partition coefficient (Wildman–Crippen LogP) is 1.66. The highest BCUT2D eigenvalue weighted by molar-refractivity contribution is 6.24. The molecular formula is C19H18N2O5. The Hall–Kier alpha value is -2.93. The number of imide groups is 1. The predicted molar refractivity (Wildman–Crippen MR) is 90.9 cm³/mol. The molecule has 1 N–H and O–H groups in total. The van der Waals surface area contributed by atoms with Crippen LogP contribution in [-0.4, -0.2) is 30.4 Å². The molecule has 4 rings (SSSR count). The first kappa shape index (κ1) is 16.5. The number of benzene rings is 1. The number of para-hydroxylation sites is 1. The van der Waals surface area contributed by atoms with Crippen LogP contribution in [0.15, 0.2) is 53.1 Å². The Morgan fingerprint density at radius 3 is 2.50 bits per heavy atom. The third kappa shape index (κ3) is 2.13. The summed E-state index contributed by atoms with van der Waals surface area (Å²) in [5.41, 5.74) is -0.838. The second-order valence-corrected chi connectivity index (χ2v) is 6.68. The van der Waals surface area contributed by atoms with Crippen LogP contribution in [0.2, 0.25) is 0 Å². The van der Waals surface area contributed by atoms with Crippen molar-refractivity contribution in [3.8, 4) is 0 Å². The fourth-order valence-corrected chi connectivity index (χ4v) is 4.08. The van der Waals surface area contributed by atoms with Gasteiger partial charge in [-0.1, -0.05) is 18.2 Å². The highest BCUT2D eigenvalue weighted by Gasteiger charge is 2.67. The summed E-state index contributed by atoms with van der Waals surface area (Å²) in [6.45, 7) is 1.60. The van der Waals surface area contributed by atoms with Crippen molar-refractivity contribution in [2.45, 2.75) is 18.5 Å². The van der Waals surface area contributed by atoms with Crippen LogP contribution in [0.5, 0.6) is 0 Å². The molecule has 2 amide bonds. The monoisotopic (exact) mass is 354 g/mol. The van der Waals surface area contributed by atoms with Crippen LogP contribution in [0.4, 0.5) is 5.69 Å². The molecule has 0 spiro atoms. The topological polar surface area (TPSA) is 88.8 Å². The number of rotatable bonds is 3. The van der Waals surface area contributed by atoms with Crippen LogP contribution in [-0.2, 0) is 19.1 Å². The zero-order valence-electron chi connectivity index (χ0n) is 14.3. The number of methoxy groups -OCH3 is 1. The Morgan fingerprint density at radius 1 is 1.15 bits per heavy atom. The van der Waals surface area contributed by atoms with Crippen molar-refractivity contribution >= 4 is 23.5 Å². The summed E-state index contributed by atoms with van der Waals surface area (Å²) in [6.07, 6.45) is 1.50. The van der Waals surface area contributed by atoms with Crippen molar-refractivity contribution in [2.24, 2.45) is 11.8 Å². The highest BCUT2D eigenvalue weighted by Crippen LogP contribution is 2.49. The van der Waals surface area contributed by atoms with E-state index in [0.717, 1.165) is 4.90 Å². The number of nitrogens with zero attached hydrogens (tertiary/aromatic N) is 1. The van der Waals surface area contributed by atoms with Gasteiger partial charge in [-0.05, 0) is 31.2 Å². The van der Waals surface area contributed by atoms with Crippen molar-refractivity contribution in [3.63, 3.8) is 0 Å². The molecule has 2 aliphatic rings. The second-order valence-electron chi connectivity index (χ2n) is 6.68. The Balaban J connectivity index is 1.83. The summed E-state index contributed by atoms with van der Waals surface area (Å²) < 4.78 is 10.4. The number of carbonyl (C=O) groups excluding carboxylic acids is 3. The first-order valence-electron chi connectivity index (χ1n) is 8.31. The van der Waals surface area contributed by atoms with Crippen LogP contribution in [0, 0.1) is 11.8 Å².